The van der Waals surface area contributed by atoms with Crippen LogP contribution in [-0.2, 0) is 6.42 Å². The number of aliphatic hydroxyl groups is 1. The lowest BCUT2D eigenvalue weighted by atomic mass is 9.74. The van der Waals surface area contributed by atoms with Crippen molar-refractivity contribution in [3.05, 3.63) is 34.9 Å². The predicted molar refractivity (Wildman–Crippen MR) is 76.8 cm³/mol. The van der Waals surface area contributed by atoms with Crippen LogP contribution in [0, 0.1) is 19.8 Å². The van der Waals surface area contributed by atoms with Gasteiger partial charge in [0.1, 0.15) is 0 Å². The molecular weight excluding hydrogens is 220 g/mol. The van der Waals surface area contributed by atoms with E-state index in [9.17, 15) is 5.11 Å². The van der Waals surface area contributed by atoms with E-state index in [1.807, 2.05) is 0 Å². The number of hydrogen-bond donors (Lipinski definition) is 1. The van der Waals surface area contributed by atoms with Gasteiger partial charge in [0, 0.05) is 6.42 Å². The first-order valence-electron chi connectivity index (χ1n) is 7.31. The normalized spacial score (nSPS) is 28.3. The van der Waals surface area contributed by atoms with Gasteiger partial charge in [0.05, 0.1) is 5.60 Å². The average molecular weight is 246 g/mol. The van der Waals surface area contributed by atoms with Crippen molar-refractivity contribution in [2.45, 2.75) is 64.9 Å². The second kappa shape index (κ2) is 5.44. The summed E-state index contributed by atoms with van der Waals surface area (Å²) in [6.45, 7) is 6.52. The van der Waals surface area contributed by atoms with E-state index in [4.69, 9.17) is 0 Å². The van der Waals surface area contributed by atoms with Crippen molar-refractivity contribution >= 4 is 0 Å². The molecule has 2 rings (SSSR count). The molecule has 0 saturated heterocycles. The van der Waals surface area contributed by atoms with E-state index < -0.39 is 5.60 Å². The van der Waals surface area contributed by atoms with Crippen LogP contribution in [0.25, 0.3) is 0 Å². The standard InChI is InChI=1S/C17H26O/c1-4-15-6-5-9-17(18,11-15)12-16-10-13(2)7-8-14(16)3/h7-8,10,15,18H,4-6,9,11-12H2,1-3H3. The molecule has 18 heavy (non-hydrogen) atoms. The first-order valence-corrected chi connectivity index (χ1v) is 7.31. The molecule has 2 atom stereocenters. The maximum atomic E-state index is 10.8. The monoisotopic (exact) mass is 246 g/mol. The summed E-state index contributed by atoms with van der Waals surface area (Å²) in [6, 6.07) is 6.57. The van der Waals surface area contributed by atoms with Gasteiger partial charge in [-0.2, -0.15) is 0 Å². The third-order valence-electron chi connectivity index (χ3n) is 4.52. The van der Waals surface area contributed by atoms with Gasteiger partial charge in [0.2, 0.25) is 0 Å². The summed E-state index contributed by atoms with van der Waals surface area (Å²) in [5, 5.41) is 10.8. The minimum Gasteiger partial charge on any atom is -0.390 e. The van der Waals surface area contributed by atoms with Crippen LogP contribution in [-0.4, -0.2) is 10.7 Å². The summed E-state index contributed by atoms with van der Waals surface area (Å²) in [6.07, 6.45) is 6.46. The van der Waals surface area contributed by atoms with Gasteiger partial charge in [0.15, 0.2) is 0 Å². The Balaban J connectivity index is 2.14. The lowest BCUT2D eigenvalue weighted by Crippen LogP contribution is -2.37. The summed E-state index contributed by atoms with van der Waals surface area (Å²) in [4.78, 5) is 0. The Hall–Kier alpha value is -0.820. The summed E-state index contributed by atoms with van der Waals surface area (Å²) in [5.41, 5.74) is 3.47. The van der Waals surface area contributed by atoms with Gasteiger partial charge in [-0.1, -0.05) is 49.9 Å². The summed E-state index contributed by atoms with van der Waals surface area (Å²) >= 11 is 0. The van der Waals surface area contributed by atoms with Crippen molar-refractivity contribution in [2.75, 3.05) is 0 Å². The molecule has 1 N–H and O–H groups in total. The molecule has 1 nitrogen and oxygen atoms in total. The fourth-order valence-corrected chi connectivity index (χ4v) is 3.32. The third kappa shape index (κ3) is 3.14. The van der Waals surface area contributed by atoms with Crippen molar-refractivity contribution in [2.24, 2.45) is 5.92 Å². The number of rotatable bonds is 3. The van der Waals surface area contributed by atoms with E-state index in [2.05, 4.69) is 39.0 Å². The minimum absolute atomic E-state index is 0.461. The Morgan fingerprint density at radius 2 is 2.11 bits per heavy atom. The SMILES string of the molecule is CCC1CCCC(O)(Cc2cc(C)ccc2C)C1. The molecule has 0 amide bonds. The van der Waals surface area contributed by atoms with Crippen LogP contribution in [0.5, 0.6) is 0 Å². The molecule has 1 aromatic rings. The first-order chi connectivity index (χ1) is 8.52. The van der Waals surface area contributed by atoms with Crippen molar-refractivity contribution in [1.82, 2.24) is 0 Å². The molecular formula is C17H26O. The highest BCUT2D eigenvalue weighted by Gasteiger charge is 2.33. The molecule has 1 fully saturated rings. The van der Waals surface area contributed by atoms with Gasteiger partial charge >= 0.3 is 0 Å². The Bertz CT molecular complexity index is 410. The van der Waals surface area contributed by atoms with Gasteiger partial charge in [-0.3, -0.25) is 0 Å². The molecule has 1 aromatic carbocycles. The molecule has 0 heterocycles. The molecule has 2 unspecified atom stereocenters. The predicted octanol–water partition coefficient (Wildman–Crippen LogP) is 4.18. The van der Waals surface area contributed by atoms with Crippen LogP contribution in [0.1, 0.15) is 55.7 Å². The van der Waals surface area contributed by atoms with Gasteiger partial charge in [-0.25, -0.2) is 0 Å². The fraction of sp³-hybridized carbons (Fsp3) is 0.647. The zero-order chi connectivity index (χ0) is 13.2. The highest BCUT2D eigenvalue weighted by Crippen LogP contribution is 2.36. The van der Waals surface area contributed by atoms with Crippen molar-refractivity contribution < 1.29 is 5.11 Å². The smallest absolute Gasteiger partial charge is 0.0690 e. The zero-order valence-corrected chi connectivity index (χ0v) is 12.0. The van der Waals surface area contributed by atoms with Gasteiger partial charge in [-0.05, 0) is 43.7 Å². The second-order valence-corrected chi connectivity index (χ2v) is 6.20. The fourth-order valence-electron chi connectivity index (χ4n) is 3.32. The Kier molecular flexibility index (Phi) is 4.11. The number of aryl methyl sites for hydroxylation is 2. The number of hydrogen-bond acceptors (Lipinski definition) is 1. The maximum Gasteiger partial charge on any atom is 0.0690 e. The highest BCUT2D eigenvalue weighted by atomic mass is 16.3. The van der Waals surface area contributed by atoms with Crippen molar-refractivity contribution in [1.29, 1.82) is 0 Å². The summed E-state index contributed by atoms with van der Waals surface area (Å²) in [5.74, 6) is 0.717. The first kappa shape index (κ1) is 13.6. The molecule has 100 valence electrons. The molecule has 0 radical (unpaired) electrons. The molecule has 1 heteroatoms. The van der Waals surface area contributed by atoms with Crippen LogP contribution in [0.15, 0.2) is 18.2 Å². The Labute approximate surface area is 111 Å². The lowest BCUT2D eigenvalue weighted by molar-refractivity contribution is -0.0163. The molecule has 0 bridgehead atoms. The van der Waals surface area contributed by atoms with Crippen molar-refractivity contribution in [3.8, 4) is 0 Å². The van der Waals surface area contributed by atoms with E-state index in [-0.39, 0.29) is 0 Å². The molecule has 1 aliphatic rings. The van der Waals surface area contributed by atoms with Crippen molar-refractivity contribution in [3.63, 3.8) is 0 Å². The van der Waals surface area contributed by atoms with E-state index in [1.165, 1.54) is 36.0 Å². The van der Waals surface area contributed by atoms with Crippen LogP contribution < -0.4 is 0 Å². The number of benzene rings is 1. The topological polar surface area (TPSA) is 20.2 Å². The lowest BCUT2D eigenvalue weighted by Gasteiger charge is -2.37. The molecule has 1 aliphatic carbocycles. The minimum atomic E-state index is -0.461. The van der Waals surface area contributed by atoms with Gasteiger partial charge in [0.25, 0.3) is 0 Å². The average Bonchev–Trinajstić information content (AvgIpc) is 2.33. The molecule has 0 aliphatic heterocycles. The largest absolute Gasteiger partial charge is 0.390 e. The summed E-state index contributed by atoms with van der Waals surface area (Å²) in [7, 11) is 0. The molecule has 0 spiro atoms. The summed E-state index contributed by atoms with van der Waals surface area (Å²) < 4.78 is 0. The van der Waals surface area contributed by atoms with E-state index in [1.54, 1.807) is 0 Å². The van der Waals surface area contributed by atoms with E-state index in [0.29, 0.717) is 5.92 Å². The van der Waals surface area contributed by atoms with Gasteiger partial charge in [-0.15, -0.1) is 0 Å². The second-order valence-electron chi connectivity index (χ2n) is 6.20. The molecule has 1 saturated carbocycles. The third-order valence-corrected chi connectivity index (χ3v) is 4.52. The maximum absolute atomic E-state index is 10.8. The zero-order valence-electron chi connectivity index (χ0n) is 12.0. The van der Waals surface area contributed by atoms with E-state index in [0.717, 1.165) is 19.3 Å². The van der Waals surface area contributed by atoms with Crippen LogP contribution in [0.2, 0.25) is 0 Å². The quantitative estimate of drug-likeness (QED) is 0.848. The Morgan fingerprint density at radius 1 is 1.33 bits per heavy atom. The molecule has 0 aromatic heterocycles. The van der Waals surface area contributed by atoms with Gasteiger partial charge < -0.3 is 5.11 Å². The van der Waals surface area contributed by atoms with E-state index >= 15 is 0 Å². The van der Waals surface area contributed by atoms with Crippen LogP contribution >= 0.6 is 0 Å². The Morgan fingerprint density at radius 3 is 2.83 bits per heavy atom. The highest BCUT2D eigenvalue weighted by molar-refractivity contribution is 5.31. The van der Waals surface area contributed by atoms with Crippen LogP contribution in [0.4, 0.5) is 0 Å². The van der Waals surface area contributed by atoms with Crippen LogP contribution in [0.3, 0.4) is 0 Å².